The summed E-state index contributed by atoms with van der Waals surface area (Å²) in [5, 5.41) is 3.14. The molecule has 0 spiro atoms. The van der Waals surface area contributed by atoms with Crippen LogP contribution in [0.3, 0.4) is 0 Å². The van der Waals surface area contributed by atoms with E-state index in [0.717, 1.165) is 31.2 Å². The molecule has 1 N–H and O–H groups in total. The number of hydrogen-bond acceptors (Lipinski definition) is 4. The number of likely N-dealkylation sites (N-methyl/N-ethyl adjacent to an activating group) is 1. The number of benzene rings is 1. The van der Waals surface area contributed by atoms with Crippen LogP contribution in [0.1, 0.15) is 44.6 Å². The number of hydrogen-bond donors (Lipinski definition) is 1. The predicted octanol–water partition coefficient (Wildman–Crippen LogP) is 3.11. The molecule has 6 heteroatoms. The van der Waals surface area contributed by atoms with Crippen molar-refractivity contribution in [3.8, 4) is 0 Å². The molecule has 152 valence electrons. The maximum atomic E-state index is 13.0. The van der Waals surface area contributed by atoms with E-state index in [9.17, 15) is 9.59 Å². The molecule has 4 atom stereocenters. The Morgan fingerprint density at radius 1 is 1.21 bits per heavy atom. The van der Waals surface area contributed by atoms with Gasteiger partial charge in [-0.25, -0.2) is 4.79 Å². The van der Waals surface area contributed by atoms with Gasteiger partial charge in [-0.15, -0.1) is 0 Å². The van der Waals surface area contributed by atoms with E-state index in [-0.39, 0.29) is 42.1 Å². The molecular formula is C22H30N2O4. The van der Waals surface area contributed by atoms with E-state index in [1.165, 1.54) is 6.42 Å². The highest BCUT2D eigenvalue weighted by molar-refractivity contribution is 5.82. The number of ether oxygens (including phenoxy) is 2. The Bertz CT molecular complexity index is 719. The fourth-order valence-corrected chi connectivity index (χ4v) is 4.79. The molecule has 2 amide bonds. The van der Waals surface area contributed by atoms with Crippen LogP contribution in [0.5, 0.6) is 0 Å². The molecule has 1 aromatic rings. The second-order valence-electron chi connectivity index (χ2n) is 8.84. The van der Waals surface area contributed by atoms with Crippen molar-refractivity contribution in [2.24, 2.45) is 11.3 Å². The lowest BCUT2D eigenvalue weighted by Gasteiger charge is -2.39. The lowest BCUT2D eigenvalue weighted by Crippen LogP contribution is -2.54. The summed E-state index contributed by atoms with van der Waals surface area (Å²) in [5.41, 5.74) is 1.17. The topological polar surface area (TPSA) is 67.9 Å². The first-order chi connectivity index (χ1) is 13.5. The number of rotatable bonds is 6. The zero-order valence-electron chi connectivity index (χ0n) is 16.7. The van der Waals surface area contributed by atoms with Crippen molar-refractivity contribution in [2.45, 2.75) is 63.9 Å². The van der Waals surface area contributed by atoms with Crippen LogP contribution >= 0.6 is 0 Å². The second kappa shape index (κ2) is 7.74. The van der Waals surface area contributed by atoms with Crippen LogP contribution in [0.15, 0.2) is 30.3 Å². The van der Waals surface area contributed by atoms with Crippen molar-refractivity contribution >= 4 is 12.0 Å². The standard InChI is InChI=1S/C22H30N2O4/c1-22(11-6-12-22)14-23-20(25)18-16-9-10-17(28-16)19(18)24(2)21(26)27-13-15-7-4-3-5-8-15/h3-5,7-8,16-19H,6,9-14H2,1-2H3,(H,23,25)/t16-,17+,18+,19-/m1/s1. The highest BCUT2D eigenvalue weighted by Crippen LogP contribution is 2.43. The van der Waals surface area contributed by atoms with Crippen LogP contribution in [-0.4, -0.2) is 48.7 Å². The Morgan fingerprint density at radius 2 is 1.93 bits per heavy atom. The molecular weight excluding hydrogens is 356 g/mol. The van der Waals surface area contributed by atoms with E-state index in [2.05, 4.69) is 12.2 Å². The van der Waals surface area contributed by atoms with Crippen LogP contribution < -0.4 is 5.32 Å². The lowest BCUT2D eigenvalue weighted by atomic mass is 9.70. The van der Waals surface area contributed by atoms with Gasteiger partial charge in [-0.3, -0.25) is 4.79 Å². The first-order valence-electron chi connectivity index (χ1n) is 10.3. The van der Waals surface area contributed by atoms with E-state index < -0.39 is 6.09 Å². The first kappa shape index (κ1) is 19.2. The summed E-state index contributed by atoms with van der Waals surface area (Å²) in [6.45, 7) is 3.15. The number of amides is 2. The predicted molar refractivity (Wildman–Crippen MR) is 105 cm³/mol. The molecule has 1 aliphatic carbocycles. The van der Waals surface area contributed by atoms with Gasteiger partial charge in [0.25, 0.3) is 0 Å². The van der Waals surface area contributed by atoms with Gasteiger partial charge in [0.1, 0.15) is 6.61 Å². The van der Waals surface area contributed by atoms with Crippen molar-refractivity contribution in [2.75, 3.05) is 13.6 Å². The van der Waals surface area contributed by atoms with Gasteiger partial charge in [0.15, 0.2) is 0 Å². The third kappa shape index (κ3) is 3.75. The van der Waals surface area contributed by atoms with Crippen LogP contribution in [-0.2, 0) is 20.9 Å². The fraction of sp³-hybridized carbons (Fsp3) is 0.636. The summed E-state index contributed by atoms with van der Waals surface area (Å²) in [5.74, 6) is -0.315. The number of fused-ring (bicyclic) bond motifs is 2. The van der Waals surface area contributed by atoms with Gasteiger partial charge in [0, 0.05) is 13.6 Å². The van der Waals surface area contributed by atoms with Crippen LogP contribution in [0.25, 0.3) is 0 Å². The molecule has 2 bridgehead atoms. The molecule has 4 rings (SSSR count). The zero-order valence-corrected chi connectivity index (χ0v) is 16.7. The molecule has 2 aliphatic heterocycles. The smallest absolute Gasteiger partial charge is 0.410 e. The molecule has 0 aromatic heterocycles. The highest BCUT2D eigenvalue weighted by Gasteiger charge is 2.55. The van der Waals surface area contributed by atoms with E-state index in [1.807, 2.05) is 30.3 Å². The summed E-state index contributed by atoms with van der Waals surface area (Å²) in [7, 11) is 1.72. The Hall–Kier alpha value is -2.08. The van der Waals surface area contributed by atoms with Crippen molar-refractivity contribution in [1.82, 2.24) is 10.2 Å². The highest BCUT2D eigenvalue weighted by atomic mass is 16.6. The van der Waals surface area contributed by atoms with Gasteiger partial charge in [0.05, 0.1) is 24.2 Å². The number of nitrogens with one attached hydrogen (secondary N) is 1. The molecule has 1 aromatic carbocycles. The second-order valence-corrected chi connectivity index (χ2v) is 8.84. The number of nitrogens with zero attached hydrogens (tertiary/aromatic N) is 1. The Kier molecular flexibility index (Phi) is 5.32. The van der Waals surface area contributed by atoms with Crippen LogP contribution in [0, 0.1) is 11.3 Å². The summed E-state index contributed by atoms with van der Waals surface area (Å²) < 4.78 is 11.5. The summed E-state index contributed by atoms with van der Waals surface area (Å²) in [6, 6.07) is 9.34. The lowest BCUT2D eigenvalue weighted by molar-refractivity contribution is -0.128. The monoisotopic (exact) mass is 386 g/mol. The maximum absolute atomic E-state index is 13.0. The molecule has 0 unspecified atom stereocenters. The average molecular weight is 386 g/mol. The van der Waals surface area contributed by atoms with E-state index in [1.54, 1.807) is 11.9 Å². The molecule has 6 nitrogen and oxygen atoms in total. The van der Waals surface area contributed by atoms with E-state index in [0.29, 0.717) is 6.54 Å². The zero-order chi connectivity index (χ0) is 19.7. The van der Waals surface area contributed by atoms with Crippen molar-refractivity contribution < 1.29 is 19.1 Å². The molecule has 1 saturated carbocycles. The minimum absolute atomic E-state index is 0.00744. The Morgan fingerprint density at radius 3 is 2.61 bits per heavy atom. The first-order valence-corrected chi connectivity index (χ1v) is 10.3. The average Bonchev–Trinajstić information content (AvgIpc) is 3.30. The molecule has 2 saturated heterocycles. The van der Waals surface area contributed by atoms with Gasteiger partial charge < -0.3 is 19.7 Å². The van der Waals surface area contributed by atoms with Gasteiger partial charge in [-0.05, 0) is 36.7 Å². The fourth-order valence-electron chi connectivity index (χ4n) is 4.79. The molecule has 28 heavy (non-hydrogen) atoms. The summed E-state index contributed by atoms with van der Waals surface area (Å²) in [4.78, 5) is 27.2. The SMILES string of the molecule is CN(C(=O)OCc1ccccc1)[C@H]1[C@@H](C(=O)NCC2(C)CCC2)[C@H]2CC[C@@H]1O2. The molecule has 2 heterocycles. The molecule has 3 aliphatic rings. The van der Waals surface area contributed by atoms with Gasteiger partial charge in [-0.1, -0.05) is 43.7 Å². The minimum atomic E-state index is -0.409. The number of carbonyl (C=O) groups is 2. The number of carbonyl (C=O) groups excluding carboxylic acids is 2. The summed E-state index contributed by atoms with van der Waals surface area (Å²) in [6.07, 6.45) is 4.72. The van der Waals surface area contributed by atoms with Crippen molar-refractivity contribution in [3.63, 3.8) is 0 Å². The van der Waals surface area contributed by atoms with E-state index >= 15 is 0 Å². The third-order valence-corrected chi connectivity index (χ3v) is 6.73. The third-order valence-electron chi connectivity index (χ3n) is 6.73. The summed E-state index contributed by atoms with van der Waals surface area (Å²) >= 11 is 0. The largest absolute Gasteiger partial charge is 0.445 e. The Balaban J connectivity index is 1.38. The quantitative estimate of drug-likeness (QED) is 0.816. The van der Waals surface area contributed by atoms with Gasteiger partial charge in [0.2, 0.25) is 5.91 Å². The molecule has 0 radical (unpaired) electrons. The maximum Gasteiger partial charge on any atom is 0.410 e. The van der Waals surface area contributed by atoms with Crippen LogP contribution in [0.4, 0.5) is 4.79 Å². The van der Waals surface area contributed by atoms with E-state index in [4.69, 9.17) is 9.47 Å². The normalized spacial score (nSPS) is 29.8. The molecule has 3 fully saturated rings. The van der Waals surface area contributed by atoms with Crippen molar-refractivity contribution in [3.05, 3.63) is 35.9 Å². The van der Waals surface area contributed by atoms with Gasteiger partial charge in [-0.2, -0.15) is 0 Å². The Labute approximate surface area is 166 Å². The van der Waals surface area contributed by atoms with Crippen molar-refractivity contribution in [1.29, 1.82) is 0 Å². The minimum Gasteiger partial charge on any atom is -0.445 e. The van der Waals surface area contributed by atoms with Gasteiger partial charge >= 0.3 is 6.09 Å². The van der Waals surface area contributed by atoms with Crippen LogP contribution in [0.2, 0.25) is 0 Å².